The quantitative estimate of drug-likeness (QED) is 0.459. The van der Waals surface area contributed by atoms with Crippen molar-refractivity contribution in [2.45, 2.75) is 5.88 Å². The lowest BCUT2D eigenvalue weighted by molar-refractivity contribution is 0.845. The van der Waals surface area contributed by atoms with Gasteiger partial charge in [-0.3, -0.25) is 0 Å². The second-order valence-corrected chi connectivity index (χ2v) is 3.12. The summed E-state index contributed by atoms with van der Waals surface area (Å²) >= 11 is 5.53. The molecule has 82 valence electrons. The fraction of sp³-hybridized carbons (Fsp3) is 0.231. The van der Waals surface area contributed by atoms with Gasteiger partial charge >= 0.3 is 0 Å². The van der Waals surface area contributed by atoms with Crippen molar-refractivity contribution in [1.29, 1.82) is 0 Å². The molecule has 0 spiro atoms. The molecule has 0 fully saturated rings. The molecule has 0 aliphatic heterocycles. The van der Waals surface area contributed by atoms with Gasteiger partial charge < -0.3 is 5.32 Å². The summed E-state index contributed by atoms with van der Waals surface area (Å²) in [6.45, 7) is 8.81. The van der Waals surface area contributed by atoms with Crippen LogP contribution in [-0.2, 0) is 5.88 Å². The number of nitrogens with one attached hydrogen (secondary N) is 1. The van der Waals surface area contributed by atoms with Crippen molar-refractivity contribution in [3.63, 3.8) is 0 Å². The van der Waals surface area contributed by atoms with Crippen LogP contribution >= 0.6 is 11.6 Å². The second kappa shape index (κ2) is 11.0. The first-order valence-corrected chi connectivity index (χ1v) is 5.41. The molecule has 1 aromatic rings. The van der Waals surface area contributed by atoms with Crippen LogP contribution in [-0.4, -0.2) is 13.1 Å². The van der Waals surface area contributed by atoms with Crippen LogP contribution < -0.4 is 5.32 Å². The third-order valence-corrected chi connectivity index (χ3v) is 1.88. The molecule has 0 amide bonds. The summed E-state index contributed by atoms with van der Waals surface area (Å²) in [5, 5.41) is 3.05. The molecule has 0 saturated carbocycles. The summed E-state index contributed by atoms with van der Waals surface area (Å²) in [5.74, 6) is 0.612. The molecule has 2 heteroatoms. The van der Waals surface area contributed by atoms with Crippen molar-refractivity contribution in [3.8, 4) is 0 Å². The van der Waals surface area contributed by atoms with Gasteiger partial charge in [-0.15, -0.1) is 24.8 Å². The molecule has 1 aromatic carbocycles. The minimum atomic E-state index is 0.612. The van der Waals surface area contributed by atoms with Gasteiger partial charge in [-0.2, -0.15) is 0 Å². The standard InChI is InChI=1S/C7H7Cl.C6H11N/c8-6-7-4-2-1-3-5-7;1-3-5-7-6-4-2/h1-5H,6H2;3-4,7H,1-2,5-6H2. The molecule has 1 rings (SSSR count). The minimum absolute atomic E-state index is 0.612. The van der Waals surface area contributed by atoms with Crippen molar-refractivity contribution >= 4 is 11.6 Å². The number of hydrogen-bond donors (Lipinski definition) is 1. The maximum atomic E-state index is 5.53. The van der Waals surface area contributed by atoms with Gasteiger partial charge in [0, 0.05) is 19.0 Å². The van der Waals surface area contributed by atoms with Crippen LogP contribution in [0, 0.1) is 0 Å². The smallest absolute Gasteiger partial charge is 0.0474 e. The van der Waals surface area contributed by atoms with E-state index in [1.807, 2.05) is 42.5 Å². The molecule has 0 saturated heterocycles. The van der Waals surface area contributed by atoms with E-state index in [0.29, 0.717) is 5.88 Å². The van der Waals surface area contributed by atoms with Gasteiger partial charge in [0.05, 0.1) is 0 Å². The van der Waals surface area contributed by atoms with Crippen LogP contribution in [0.25, 0.3) is 0 Å². The van der Waals surface area contributed by atoms with Gasteiger partial charge in [-0.05, 0) is 5.56 Å². The maximum absolute atomic E-state index is 5.53. The molecule has 0 bridgehead atoms. The van der Waals surface area contributed by atoms with E-state index in [-0.39, 0.29) is 0 Å². The van der Waals surface area contributed by atoms with E-state index >= 15 is 0 Å². The normalized spacial score (nSPS) is 8.60. The highest BCUT2D eigenvalue weighted by molar-refractivity contribution is 6.17. The van der Waals surface area contributed by atoms with Crippen LogP contribution in [0.3, 0.4) is 0 Å². The van der Waals surface area contributed by atoms with Crippen LogP contribution in [0.2, 0.25) is 0 Å². The average Bonchev–Trinajstić information content (AvgIpc) is 2.32. The number of halogens is 1. The Morgan fingerprint density at radius 1 is 1.07 bits per heavy atom. The first-order valence-electron chi connectivity index (χ1n) is 4.87. The first kappa shape index (κ1) is 13.9. The maximum Gasteiger partial charge on any atom is 0.0474 e. The Kier molecular flexibility index (Phi) is 10.3. The van der Waals surface area contributed by atoms with E-state index in [0.717, 1.165) is 13.1 Å². The topological polar surface area (TPSA) is 12.0 Å². The Hall–Kier alpha value is -1.05. The molecule has 0 radical (unpaired) electrons. The highest BCUT2D eigenvalue weighted by Gasteiger charge is 1.81. The Morgan fingerprint density at radius 3 is 1.93 bits per heavy atom. The summed E-state index contributed by atoms with van der Waals surface area (Å²) in [6.07, 6.45) is 3.65. The zero-order chi connectivity index (χ0) is 11.4. The van der Waals surface area contributed by atoms with E-state index in [2.05, 4.69) is 18.5 Å². The lowest BCUT2D eigenvalue weighted by Crippen LogP contribution is -2.11. The predicted octanol–water partition coefficient (Wildman–Crippen LogP) is 3.37. The highest BCUT2D eigenvalue weighted by Crippen LogP contribution is 2.00. The van der Waals surface area contributed by atoms with Crippen molar-refractivity contribution in [2.75, 3.05) is 13.1 Å². The number of benzene rings is 1. The van der Waals surface area contributed by atoms with Crippen LogP contribution in [0.15, 0.2) is 55.6 Å². The SMILES string of the molecule is C=CCNCC=C.ClCc1ccccc1. The average molecular weight is 224 g/mol. The minimum Gasteiger partial charge on any atom is -0.310 e. The molecule has 1 nitrogen and oxygen atoms in total. The fourth-order valence-electron chi connectivity index (χ4n) is 0.855. The molecular formula is C13H18ClN. The number of hydrogen-bond acceptors (Lipinski definition) is 1. The summed E-state index contributed by atoms with van der Waals surface area (Å²) in [4.78, 5) is 0. The Labute approximate surface area is 97.5 Å². The molecular weight excluding hydrogens is 206 g/mol. The predicted molar refractivity (Wildman–Crippen MR) is 69.3 cm³/mol. The molecule has 0 heterocycles. The van der Waals surface area contributed by atoms with Gasteiger partial charge in [0.15, 0.2) is 0 Å². The van der Waals surface area contributed by atoms with Crippen LogP contribution in [0.1, 0.15) is 5.56 Å². The number of rotatable bonds is 5. The monoisotopic (exact) mass is 223 g/mol. The largest absolute Gasteiger partial charge is 0.310 e. The Bertz CT molecular complexity index is 248. The molecule has 15 heavy (non-hydrogen) atoms. The number of alkyl halides is 1. The summed E-state index contributed by atoms with van der Waals surface area (Å²) in [7, 11) is 0. The van der Waals surface area contributed by atoms with E-state index in [1.165, 1.54) is 5.56 Å². The molecule has 0 unspecified atom stereocenters. The molecule has 0 atom stereocenters. The van der Waals surface area contributed by atoms with E-state index in [9.17, 15) is 0 Å². The van der Waals surface area contributed by atoms with Gasteiger partial charge in [0.25, 0.3) is 0 Å². The van der Waals surface area contributed by atoms with Crippen LogP contribution in [0.4, 0.5) is 0 Å². The van der Waals surface area contributed by atoms with Crippen molar-refractivity contribution in [2.24, 2.45) is 0 Å². The third kappa shape index (κ3) is 9.26. The molecule has 0 aliphatic carbocycles. The zero-order valence-corrected chi connectivity index (χ0v) is 9.71. The van der Waals surface area contributed by atoms with Crippen molar-refractivity contribution in [3.05, 3.63) is 61.2 Å². The van der Waals surface area contributed by atoms with Crippen molar-refractivity contribution < 1.29 is 0 Å². The highest BCUT2D eigenvalue weighted by atomic mass is 35.5. The van der Waals surface area contributed by atoms with Gasteiger partial charge in [-0.1, -0.05) is 42.5 Å². The first-order chi connectivity index (χ1) is 7.35. The molecule has 1 N–H and O–H groups in total. The van der Waals surface area contributed by atoms with E-state index < -0.39 is 0 Å². The Morgan fingerprint density at radius 2 is 1.60 bits per heavy atom. The second-order valence-electron chi connectivity index (χ2n) is 2.85. The molecule has 0 aliphatic rings. The van der Waals surface area contributed by atoms with Crippen molar-refractivity contribution in [1.82, 2.24) is 5.32 Å². The third-order valence-electron chi connectivity index (χ3n) is 1.57. The Balaban J connectivity index is 0.000000265. The van der Waals surface area contributed by atoms with Crippen LogP contribution in [0.5, 0.6) is 0 Å². The lowest BCUT2D eigenvalue weighted by atomic mass is 10.2. The zero-order valence-electron chi connectivity index (χ0n) is 8.95. The summed E-state index contributed by atoms with van der Waals surface area (Å²) in [5.41, 5.74) is 1.18. The van der Waals surface area contributed by atoms with E-state index in [1.54, 1.807) is 0 Å². The lowest BCUT2D eigenvalue weighted by Gasteiger charge is -1.90. The van der Waals surface area contributed by atoms with Gasteiger partial charge in [0.2, 0.25) is 0 Å². The van der Waals surface area contributed by atoms with E-state index in [4.69, 9.17) is 11.6 Å². The molecule has 0 aromatic heterocycles. The fourth-order valence-corrected chi connectivity index (χ4v) is 1.03. The summed E-state index contributed by atoms with van der Waals surface area (Å²) in [6, 6.07) is 9.96. The summed E-state index contributed by atoms with van der Waals surface area (Å²) < 4.78 is 0. The van der Waals surface area contributed by atoms with Gasteiger partial charge in [0.1, 0.15) is 0 Å². The van der Waals surface area contributed by atoms with Gasteiger partial charge in [-0.25, -0.2) is 0 Å².